The van der Waals surface area contributed by atoms with E-state index in [4.69, 9.17) is 16.3 Å². The van der Waals surface area contributed by atoms with Crippen molar-refractivity contribution in [2.45, 2.75) is 12.8 Å². The molecule has 2 aromatic carbocycles. The molecule has 0 unspecified atom stereocenters. The number of carbonyl (C=O) groups excluding carboxylic acids is 1. The number of rotatable bonds is 6. The molecule has 0 saturated heterocycles. The third-order valence-corrected chi connectivity index (χ3v) is 3.51. The van der Waals surface area contributed by atoms with Gasteiger partial charge in [0.15, 0.2) is 11.5 Å². The van der Waals surface area contributed by atoms with Gasteiger partial charge < -0.3 is 15.2 Å². The van der Waals surface area contributed by atoms with Gasteiger partial charge in [0.1, 0.15) is 0 Å². The zero-order chi connectivity index (χ0) is 15.9. The third-order valence-electron chi connectivity index (χ3n) is 3.26. The van der Waals surface area contributed by atoms with Gasteiger partial charge in [-0.05, 0) is 41.8 Å². The summed E-state index contributed by atoms with van der Waals surface area (Å²) in [6.07, 6.45) is 0.967. The van der Waals surface area contributed by atoms with E-state index in [0.29, 0.717) is 17.3 Å². The smallest absolute Gasteiger partial charge is 0.224 e. The maximum Gasteiger partial charge on any atom is 0.224 e. The largest absolute Gasteiger partial charge is 0.504 e. The van der Waals surface area contributed by atoms with Crippen LogP contribution in [-0.4, -0.2) is 24.7 Å². The zero-order valence-electron chi connectivity index (χ0n) is 12.3. The number of phenolic OH excluding ortho intramolecular Hbond substituents is 1. The summed E-state index contributed by atoms with van der Waals surface area (Å²) in [6.45, 7) is 0.558. The average molecular weight is 320 g/mol. The fraction of sp³-hybridized carbons (Fsp3) is 0.235. The Hall–Kier alpha value is -2.20. The highest BCUT2D eigenvalue weighted by molar-refractivity contribution is 6.30. The molecule has 5 heteroatoms. The second-order valence-corrected chi connectivity index (χ2v) is 5.35. The van der Waals surface area contributed by atoms with Crippen LogP contribution < -0.4 is 10.1 Å². The average Bonchev–Trinajstić information content (AvgIpc) is 2.49. The van der Waals surface area contributed by atoms with Gasteiger partial charge in [0.05, 0.1) is 13.5 Å². The van der Waals surface area contributed by atoms with Gasteiger partial charge in [-0.2, -0.15) is 0 Å². The summed E-state index contributed by atoms with van der Waals surface area (Å²) in [7, 11) is 1.48. The second kappa shape index (κ2) is 7.71. The summed E-state index contributed by atoms with van der Waals surface area (Å²) >= 11 is 5.82. The number of amides is 1. The number of hydrogen-bond acceptors (Lipinski definition) is 3. The Morgan fingerprint density at radius 1 is 1.18 bits per heavy atom. The standard InChI is InChI=1S/C17H18ClNO3/c1-22-16-7-4-13(10-15(16)20)11-17(21)19-9-8-12-2-5-14(18)6-3-12/h2-7,10,20H,8-9,11H2,1H3,(H,19,21). The van der Waals surface area contributed by atoms with Crippen molar-refractivity contribution < 1.29 is 14.6 Å². The molecule has 2 aromatic rings. The first-order valence-electron chi connectivity index (χ1n) is 6.95. The fourth-order valence-corrected chi connectivity index (χ4v) is 2.22. The van der Waals surface area contributed by atoms with Crippen molar-refractivity contribution in [2.75, 3.05) is 13.7 Å². The maximum atomic E-state index is 11.9. The lowest BCUT2D eigenvalue weighted by Gasteiger charge is -2.08. The second-order valence-electron chi connectivity index (χ2n) is 4.91. The molecule has 0 bridgehead atoms. The summed E-state index contributed by atoms with van der Waals surface area (Å²) in [6, 6.07) is 12.5. The van der Waals surface area contributed by atoms with Crippen LogP contribution in [0.3, 0.4) is 0 Å². The number of aromatic hydroxyl groups is 1. The highest BCUT2D eigenvalue weighted by atomic mass is 35.5. The molecule has 4 nitrogen and oxygen atoms in total. The molecule has 0 aliphatic rings. The minimum atomic E-state index is -0.0847. The molecule has 116 valence electrons. The van der Waals surface area contributed by atoms with Gasteiger partial charge in [0, 0.05) is 11.6 Å². The number of carbonyl (C=O) groups is 1. The molecule has 0 heterocycles. The van der Waals surface area contributed by atoms with Crippen molar-refractivity contribution >= 4 is 17.5 Å². The summed E-state index contributed by atoms with van der Waals surface area (Å²) in [5.74, 6) is 0.347. The number of hydrogen-bond donors (Lipinski definition) is 2. The molecule has 0 saturated carbocycles. The summed E-state index contributed by atoms with van der Waals surface area (Å²) in [5.41, 5.74) is 1.86. The predicted molar refractivity (Wildman–Crippen MR) is 86.5 cm³/mol. The van der Waals surface area contributed by atoms with Gasteiger partial charge in [0.2, 0.25) is 5.91 Å². The van der Waals surface area contributed by atoms with Crippen LogP contribution in [0, 0.1) is 0 Å². The lowest BCUT2D eigenvalue weighted by molar-refractivity contribution is -0.120. The topological polar surface area (TPSA) is 58.6 Å². The number of methoxy groups -OCH3 is 1. The molecule has 0 atom stereocenters. The van der Waals surface area contributed by atoms with Crippen LogP contribution in [0.4, 0.5) is 0 Å². The summed E-state index contributed by atoms with van der Waals surface area (Å²) in [4.78, 5) is 11.9. The maximum absolute atomic E-state index is 11.9. The molecule has 2 N–H and O–H groups in total. The molecule has 2 rings (SSSR count). The molecular weight excluding hydrogens is 302 g/mol. The summed E-state index contributed by atoms with van der Waals surface area (Å²) < 4.78 is 4.97. The Bertz CT molecular complexity index is 641. The Balaban J connectivity index is 1.80. The predicted octanol–water partition coefficient (Wildman–Crippen LogP) is 2.96. The first-order valence-corrected chi connectivity index (χ1v) is 7.33. The van der Waals surface area contributed by atoms with Gasteiger partial charge in [-0.15, -0.1) is 0 Å². The van der Waals surface area contributed by atoms with Crippen LogP contribution in [0.5, 0.6) is 11.5 Å². The third kappa shape index (κ3) is 4.67. The van der Waals surface area contributed by atoms with Gasteiger partial charge >= 0.3 is 0 Å². The van der Waals surface area contributed by atoms with E-state index in [1.165, 1.54) is 13.2 Å². The zero-order valence-corrected chi connectivity index (χ0v) is 13.1. The first-order chi connectivity index (χ1) is 10.6. The molecule has 0 fully saturated rings. The van der Waals surface area contributed by atoms with E-state index >= 15 is 0 Å². The minimum Gasteiger partial charge on any atom is -0.504 e. The van der Waals surface area contributed by atoms with Crippen LogP contribution in [-0.2, 0) is 17.6 Å². The van der Waals surface area contributed by atoms with Gasteiger partial charge in [0.25, 0.3) is 0 Å². The van der Waals surface area contributed by atoms with Gasteiger partial charge in [-0.25, -0.2) is 0 Å². The number of nitrogens with one attached hydrogen (secondary N) is 1. The summed E-state index contributed by atoms with van der Waals surface area (Å²) in [5, 5.41) is 13.2. The Labute approximate surface area is 134 Å². The molecule has 0 aliphatic carbocycles. The number of phenols is 1. The SMILES string of the molecule is COc1ccc(CC(=O)NCCc2ccc(Cl)cc2)cc1O. The van der Waals surface area contributed by atoms with Crippen LogP contribution >= 0.6 is 11.6 Å². The molecule has 0 aliphatic heterocycles. The van der Waals surface area contributed by atoms with E-state index in [-0.39, 0.29) is 18.1 Å². The van der Waals surface area contributed by atoms with Crippen LogP contribution in [0.25, 0.3) is 0 Å². The van der Waals surface area contributed by atoms with Crippen molar-refractivity contribution in [3.63, 3.8) is 0 Å². The van der Waals surface area contributed by atoms with Gasteiger partial charge in [-0.1, -0.05) is 29.8 Å². The fourth-order valence-electron chi connectivity index (χ4n) is 2.09. The van der Waals surface area contributed by atoms with Gasteiger partial charge in [-0.3, -0.25) is 4.79 Å². The number of benzene rings is 2. The van der Waals surface area contributed by atoms with Crippen molar-refractivity contribution in [1.82, 2.24) is 5.32 Å². The monoisotopic (exact) mass is 319 g/mol. The van der Waals surface area contributed by atoms with Crippen LogP contribution in [0.15, 0.2) is 42.5 Å². The van der Waals surface area contributed by atoms with Crippen LogP contribution in [0.2, 0.25) is 5.02 Å². The highest BCUT2D eigenvalue weighted by Crippen LogP contribution is 2.26. The quantitative estimate of drug-likeness (QED) is 0.860. The van der Waals surface area contributed by atoms with E-state index in [9.17, 15) is 9.90 Å². The Morgan fingerprint density at radius 3 is 2.50 bits per heavy atom. The van der Waals surface area contributed by atoms with Crippen LogP contribution in [0.1, 0.15) is 11.1 Å². The van der Waals surface area contributed by atoms with E-state index in [1.54, 1.807) is 12.1 Å². The van der Waals surface area contributed by atoms with E-state index in [2.05, 4.69) is 5.32 Å². The molecule has 22 heavy (non-hydrogen) atoms. The van der Waals surface area contributed by atoms with Crippen molar-refractivity contribution in [3.8, 4) is 11.5 Å². The lowest BCUT2D eigenvalue weighted by Crippen LogP contribution is -2.27. The Kier molecular flexibility index (Phi) is 5.67. The lowest BCUT2D eigenvalue weighted by atomic mass is 10.1. The van der Waals surface area contributed by atoms with E-state index in [1.807, 2.05) is 24.3 Å². The molecule has 1 amide bonds. The normalized spacial score (nSPS) is 10.3. The van der Waals surface area contributed by atoms with E-state index < -0.39 is 0 Å². The molecular formula is C17H18ClNO3. The van der Waals surface area contributed by atoms with Crippen molar-refractivity contribution in [2.24, 2.45) is 0 Å². The number of ether oxygens (including phenoxy) is 1. The molecule has 0 spiro atoms. The molecule has 0 radical (unpaired) electrons. The first kappa shape index (κ1) is 16.2. The number of halogens is 1. The van der Waals surface area contributed by atoms with Crippen molar-refractivity contribution in [3.05, 3.63) is 58.6 Å². The molecule has 0 aromatic heterocycles. The highest BCUT2D eigenvalue weighted by Gasteiger charge is 2.07. The van der Waals surface area contributed by atoms with Crippen molar-refractivity contribution in [1.29, 1.82) is 0 Å². The van der Waals surface area contributed by atoms with E-state index in [0.717, 1.165) is 17.5 Å². The minimum absolute atomic E-state index is 0.0361. The Morgan fingerprint density at radius 2 is 1.86 bits per heavy atom.